The molecule has 3 N–H and O–H groups in total. The third-order valence-electron chi connectivity index (χ3n) is 4.98. The Morgan fingerprint density at radius 1 is 1.00 bits per heavy atom. The lowest BCUT2D eigenvalue weighted by Gasteiger charge is -2.11. The Bertz CT molecular complexity index is 1600. The van der Waals surface area contributed by atoms with E-state index in [4.69, 9.17) is 0 Å². The van der Waals surface area contributed by atoms with E-state index in [0.717, 1.165) is 10.6 Å². The fourth-order valence-corrected chi connectivity index (χ4v) is 3.38. The van der Waals surface area contributed by atoms with Gasteiger partial charge in [-0.05, 0) is 48.5 Å². The highest BCUT2D eigenvalue weighted by Gasteiger charge is 2.15. The molecule has 3 aromatic heterocycles. The average molecular weight is 459 g/mol. The lowest BCUT2D eigenvalue weighted by Crippen LogP contribution is -2.27. The van der Waals surface area contributed by atoms with Crippen LogP contribution in [0.3, 0.4) is 0 Å². The quantitative estimate of drug-likeness (QED) is 0.368. The predicted molar refractivity (Wildman–Crippen MR) is 121 cm³/mol. The second-order valence-corrected chi connectivity index (χ2v) is 7.17. The van der Waals surface area contributed by atoms with Crippen LogP contribution in [0.4, 0.5) is 26.0 Å². The lowest BCUT2D eigenvalue weighted by atomic mass is 10.2. The molecule has 1 amide bonds. The van der Waals surface area contributed by atoms with Crippen LogP contribution in [0, 0.1) is 11.6 Å². The molecule has 0 unspecified atom stereocenters. The molecule has 9 nitrogen and oxygen atoms in total. The van der Waals surface area contributed by atoms with Crippen LogP contribution in [0.2, 0.25) is 0 Å². The number of halogens is 2. The van der Waals surface area contributed by atoms with Crippen LogP contribution in [0.1, 0.15) is 10.4 Å². The van der Waals surface area contributed by atoms with Crippen LogP contribution in [-0.4, -0.2) is 30.4 Å². The molecule has 0 aliphatic heterocycles. The SMILES string of the molecule is O=C(Nc1ccc(Nc2ncnc3nc[nH]c23)c(F)c1)c1cccn(-c2cccc(F)c2)c1=O. The minimum atomic E-state index is -0.731. The number of anilines is 3. The van der Waals surface area contributed by atoms with Gasteiger partial charge >= 0.3 is 0 Å². The molecule has 11 heteroatoms. The van der Waals surface area contributed by atoms with Crippen molar-refractivity contribution in [2.45, 2.75) is 0 Å². The van der Waals surface area contributed by atoms with Gasteiger partial charge in [0.15, 0.2) is 11.5 Å². The normalized spacial score (nSPS) is 10.9. The summed E-state index contributed by atoms with van der Waals surface area (Å²) in [5.74, 6) is -1.57. The molecule has 3 heterocycles. The number of carbonyl (C=O) groups is 1. The number of hydrogen-bond acceptors (Lipinski definition) is 6. The molecule has 0 aliphatic rings. The van der Waals surface area contributed by atoms with Crippen molar-refractivity contribution in [3.8, 4) is 5.69 Å². The van der Waals surface area contributed by atoms with E-state index in [0.29, 0.717) is 17.0 Å². The highest BCUT2D eigenvalue weighted by Crippen LogP contribution is 2.25. The van der Waals surface area contributed by atoms with Gasteiger partial charge in [0.05, 0.1) is 17.7 Å². The summed E-state index contributed by atoms with van der Waals surface area (Å²) in [6, 6.07) is 12.3. The fourth-order valence-electron chi connectivity index (χ4n) is 3.38. The Labute approximate surface area is 190 Å². The third-order valence-corrected chi connectivity index (χ3v) is 4.98. The zero-order valence-corrected chi connectivity index (χ0v) is 17.3. The molecule has 168 valence electrons. The van der Waals surface area contributed by atoms with E-state index in [1.807, 2.05) is 0 Å². The Hall–Kier alpha value is -4.93. The first-order valence-electron chi connectivity index (χ1n) is 9.99. The summed E-state index contributed by atoms with van der Waals surface area (Å²) in [5.41, 5.74) is 0.640. The second-order valence-electron chi connectivity index (χ2n) is 7.17. The van der Waals surface area contributed by atoms with Crippen molar-refractivity contribution in [3.05, 3.63) is 101 Å². The molecule has 5 aromatic rings. The van der Waals surface area contributed by atoms with Gasteiger partial charge in [0.1, 0.15) is 29.0 Å². The molecular formula is C23H15F2N7O2. The maximum absolute atomic E-state index is 14.7. The number of hydrogen-bond donors (Lipinski definition) is 3. The zero-order chi connectivity index (χ0) is 23.7. The summed E-state index contributed by atoms with van der Waals surface area (Å²) < 4.78 is 29.4. The topological polar surface area (TPSA) is 118 Å². The zero-order valence-electron chi connectivity index (χ0n) is 17.3. The van der Waals surface area contributed by atoms with Gasteiger partial charge in [0.25, 0.3) is 11.5 Å². The van der Waals surface area contributed by atoms with Crippen LogP contribution in [0.25, 0.3) is 16.9 Å². The van der Waals surface area contributed by atoms with Crippen LogP contribution in [-0.2, 0) is 0 Å². The molecular weight excluding hydrogens is 444 g/mol. The predicted octanol–water partition coefficient (Wildman–Crippen LogP) is 3.78. The van der Waals surface area contributed by atoms with E-state index < -0.39 is 23.1 Å². The van der Waals surface area contributed by atoms with Crippen molar-refractivity contribution >= 4 is 34.3 Å². The third kappa shape index (κ3) is 3.97. The maximum atomic E-state index is 14.7. The van der Waals surface area contributed by atoms with Crippen molar-refractivity contribution in [1.82, 2.24) is 24.5 Å². The molecule has 0 radical (unpaired) electrons. The number of benzene rings is 2. The number of amides is 1. The number of carbonyl (C=O) groups excluding carboxylic acids is 1. The molecule has 5 rings (SSSR count). The number of aromatic amines is 1. The van der Waals surface area contributed by atoms with Crippen LogP contribution < -0.4 is 16.2 Å². The summed E-state index contributed by atoms with van der Waals surface area (Å²) in [6.45, 7) is 0. The van der Waals surface area contributed by atoms with Crippen LogP contribution in [0.5, 0.6) is 0 Å². The lowest BCUT2D eigenvalue weighted by molar-refractivity contribution is 0.102. The minimum absolute atomic E-state index is 0.112. The Balaban J connectivity index is 1.37. The number of imidazole rings is 1. The summed E-state index contributed by atoms with van der Waals surface area (Å²) >= 11 is 0. The van der Waals surface area contributed by atoms with Gasteiger partial charge in [-0.25, -0.2) is 23.7 Å². The van der Waals surface area contributed by atoms with Gasteiger partial charge in [0, 0.05) is 11.9 Å². The van der Waals surface area contributed by atoms with Crippen molar-refractivity contribution in [2.75, 3.05) is 10.6 Å². The number of nitrogens with zero attached hydrogens (tertiary/aromatic N) is 4. The molecule has 0 aliphatic carbocycles. The summed E-state index contributed by atoms with van der Waals surface area (Å²) in [6.07, 6.45) is 4.18. The first kappa shape index (κ1) is 20.9. The molecule has 0 atom stereocenters. The second kappa shape index (κ2) is 8.54. The molecule has 0 fully saturated rings. The summed E-state index contributed by atoms with van der Waals surface area (Å²) in [5, 5.41) is 5.37. The number of aromatic nitrogens is 5. The standard InChI is InChI=1S/C23H15F2N7O2/c24-13-3-1-4-15(9-13)32-8-2-5-16(23(32)34)22(33)30-14-6-7-18(17(25)10-14)31-21-19-20(27-11-26-19)28-12-29-21/h1-12H,(H,30,33)(H2,26,27,28,29,31). The van der Waals surface area contributed by atoms with Crippen LogP contribution >= 0.6 is 0 Å². The van der Waals surface area contributed by atoms with E-state index in [1.54, 1.807) is 6.07 Å². The minimum Gasteiger partial charge on any atom is -0.340 e. The Morgan fingerprint density at radius 2 is 1.88 bits per heavy atom. The summed E-state index contributed by atoms with van der Waals surface area (Å²) in [4.78, 5) is 40.5. The van der Waals surface area contributed by atoms with Gasteiger partial charge in [-0.15, -0.1) is 0 Å². The van der Waals surface area contributed by atoms with Crippen molar-refractivity contribution in [1.29, 1.82) is 0 Å². The fraction of sp³-hybridized carbons (Fsp3) is 0. The molecule has 2 aromatic carbocycles. The van der Waals surface area contributed by atoms with Gasteiger partial charge in [-0.1, -0.05) is 6.07 Å². The monoisotopic (exact) mass is 459 g/mol. The largest absolute Gasteiger partial charge is 0.340 e. The average Bonchev–Trinajstić information content (AvgIpc) is 3.31. The van der Waals surface area contributed by atoms with Gasteiger partial charge in [0.2, 0.25) is 0 Å². The van der Waals surface area contributed by atoms with Crippen molar-refractivity contribution in [2.24, 2.45) is 0 Å². The molecule has 0 bridgehead atoms. The molecule has 34 heavy (non-hydrogen) atoms. The van der Waals surface area contributed by atoms with E-state index in [-0.39, 0.29) is 22.6 Å². The first-order valence-corrected chi connectivity index (χ1v) is 9.99. The highest BCUT2D eigenvalue weighted by atomic mass is 19.1. The van der Waals surface area contributed by atoms with E-state index in [1.165, 1.54) is 61.3 Å². The Kier molecular flexibility index (Phi) is 5.26. The number of fused-ring (bicyclic) bond motifs is 1. The van der Waals surface area contributed by atoms with Gasteiger partial charge < -0.3 is 15.6 Å². The van der Waals surface area contributed by atoms with E-state index in [2.05, 4.69) is 30.6 Å². The van der Waals surface area contributed by atoms with Crippen molar-refractivity contribution in [3.63, 3.8) is 0 Å². The number of rotatable bonds is 5. The van der Waals surface area contributed by atoms with Gasteiger partial charge in [-0.2, -0.15) is 0 Å². The highest BCUT2D eigenvalue weighted by molar-refractivity contribution is 6.04. The van der Waals surface area contributed by atoms with Gasteiger partial charge in [-0.3, -0.25) is 14.2 Å². The Morgan fingerprint density at radius 3 is 2.71 bits per heavy atom. The molecule has 0 saturated heterocycles. The van der Waals surface area contributed by atoms with E-state index >= 15 is 0 Å². The smallest absolute Gasteiger partial charge is 0.267 e. The number of pyridine rings is 1. The molecule has 0 spiro atoms. The van der Waals surface area contributed by atoms with E-state index in [9.17, 15) is 18.4 Å². The van der Waals surface area contributed by atoms with Crippen LogP contribution in [0.15, 0.2) is 78.2 Å². The number of nitrogens with one attached hydrogen (secondary N) is 3. The molecule has 0 saturated carbocycles. The first-order chi connectivity index (χ1) is 16.5. The van der Waals surface area contributed by atoms with Crippen molar-refractivity contribution < 1.29 is 13.6 Å². The summed E-state index contributed by atoms with van der Waals surface area (Å²) in [7, 11) is 0. The maximum Gasteiger partial charge on any atom is 0.267 e. The number of H-pyrrole nitrogens is 1.